The molecule has 0 aliphatic heterocycles. The average molecular weight is 221 g/mol. The van der Waals surface area contributed by atoms with Crippen molar-refractivity contribution >= 4 is 5.97 Å². The van der Waals surface area contributed by atoms with Crippen molar-refractivity contribution in [3.8, 4) is 0 Å². The number of aryl methyl sites for hydroxylation is 1. The predicted molar refractivity (Wildman–Crippen MR) is 64.1 cm³/mol. The van der Waals surface area contributed by atoms with E-state index in [1.165, 1.54) is 18.2 Å². The minimum atomic E-state index is -0.186. The molecule has 0 saturated carbocycles. The third-order valence-electron chi connectivity index (χ3n) is 2.55. The third-order valence-corrected chi connectivity index (χ3v) is 2.55. The number of methoxy groups -OCH3 is 1. The van der Waals surface area contributed by atoms with Gasteiger partial charge in [-0.15, -0.1) is 0 Å². The van der Waals surface area contributed by atoms with Gasteiger partial charge in [0.25, 0.3) is 0 Å². The van der Waals surface area contributed by atoms with Crippen LogP contribution in [-0.4, -0.2) is 31.1 Å². The molecule has 88 valence electrons. The van der Waals surface area contributed by atoms with Crippen LogP contribution in [0.25, 0.3) is 0 Å². The maximum absolute atomic E-state index is 11.2. The van der Waals surface area contributed by atoms with Crippen molar-refractivity contribution < 1.29 is 9.53 Å². The molecule has 0 atom stereocenters. The average Bonchev–Trinajstić information content (AvgIpc) is 2.30. The number of esters is 1. The van der Waals surface area contributed by atoms with Crippen LogP contribution in [0.1, 0.15) is 18.1 Å². The molecular formula is C13H19NO2. The van der Waals surface area contributed by atoms with Crippen molar-refractivity contribution in [1.29, 1.82) is 0 Å². The summed E-state index contributed by atoms with van der Waals surface area (Å²) in [7, 11) is 1.42. The quantitative estimate of drug-likeness (QED) is 0.712. The maximum atomic E-state index is 11.2. The van der Waals surface area contributed by atoms with Crippen molar-refractivity contribution in [2.45, 2.75) is 20.4 Å². The normalized spacial score (nSPS) is 10.5. The van der Waals surface area contributed by atoms with Crippen LogP contribution in [0.3, 0.4) is 0 Å². The standard InChI is InChI=1S/C13H19NO2/c1-4-14(10-13(15)16-3)9-12-7-5-11(2)6-8-12/h5-8H,4,9-10H2,1-3H3. The van der Waals surface area contributed by atoms with Gasteiger partial charge in [0, 0.05) is 6.54 Å². The van der Waals surface area contributed by atoms with Gasteiger partial charge in [0.15, 0.2) is 0 Å². The largest absolute Gasteiger partial charge is 0.468 e. The summed E-state index contributed by atoms with van der Waals surface area (Å²) in [6.07, 6.45) is 0. The molecule has 0 N–H and O–H groups in total. The lowest BCUT2D eigenvalue weighted by Gasteiger charge is -2.18. The van der Waals surface area contributed by atoms with E-state index < -0.39 is 0 Å². The number of nitrogens with zero attached hydrogens (tertiary/aromatic N) is 1. The predicted octanol–water partition coefficient (Wildman–Crippen LogP) is 1.99. The Hall–Kier alpha value is -1.35. The fraction of sp³-hybridized carbons (Fsp3) is 0.462. The number of hydrogen-bond donors (Lipinski definition) is 0. The van der Waals surface area contributed by atoms with Crippen LogP contribution in [0.15, 0.2) is 24.3 Å². The van der Waals surface area contributed by atoms with Gasteiger partial charge in [-0.25, -0.2) is 0 Å². The van der Waals surface area contributed by atoms with E-state index in [-0.39, 0.29) is 5.97 Å². The van der Waals surface area contributed by atoms with Gasteiger partial charge in [-0.05, 0) is 19.0 Å². The van der Waals surface area contributed by atoms with E-state index in [9.17, 15) is 4.79 Å². The molecule has 1 aromatic rings. The van der Waals surface area contributed by atoms with Crippen LogP contribution in [0.2, 0.25) is 0 Å². The highest BCUT2D eigenvalue weighted by atomic mass is 16.5. The molecule has 0 saturated heterocycles. The van der Waals surface area contributed by atoms with E-state index in [0.29, 0.717) is 6.54 Å². The fourth-order valence-corrected chi connectivity index (χ4v) is 1.48. The van der Waals surface area contributed by atoms with E-state index in [0.717, 1.165) is 13.1 Å². The second-order valence-corrected chi connectivity index (χ2v) is 3.87. The van der Waals surface area contributed by atoms with Gasteiger partial charge in [0.2, 0.25) is 0 Å². The van der Waals surface area contributed by atoms with Crippen LogP contribution >= 0.6 is 0 Å². The molecule has 1 rings (SSSR count). The minimum absolute atomic E-state index is 0.186. The number of rotatable bonds is 5. The van der Waals surface area contributed by atoms with Gasteiger partial charge in [-0.2, -0.15) is 0 Å². The highest BCUT2D eigenvalue weighted by molar-refractivity contribution is 5.71. The molecule has 0 aromatic heterocycles. The van der Waals surface area contributed by atoms with Gasteiger partial charge < -0.3 is 4.74 Å². The molecule has 0 heterocycles. The first kappa shape index (κ1) is 12.7. The first-order valence-corrected chi connectivity index (χ1v) is 5.50. The van der Waals surface area contributed by atoms with E-state index in [1.807, 2.05) is 6.92 Å². The first-order valence-electron chi connectivity index (χ1n) is 5.50. The van der Waals surface area contributed by atoms with Gasteiger partial charge >= 0.3 is 5.97 Å². The SMILES string of the molecule is CCN(CC(=O)OC)Cc1ccc(C)cc1. The highest BCUT2D eigenvalue weighted by Gasteiger charge is 2.09. The zero-order valence-corrected chi connectivity index (χ0v) is 10.2. The van der Waals surface area contributed by atoms with Gasteiger partial charge in [0.05, 0.1) is 13.7 Å². The second-order valence-electron chi connectivity index (χ2n) is 3.87. The molecule has 3 heteroatoms. The highest BCUT2D eigenvalue weighted by Crippen LogP contribution is 2.06. The summed E-state index contributed by atoms with van der Waals surface area (Å²) in [5, 5.41) is 0. The zero-order valence-electron chi connectivity index (χ0n) is 10.2. The van der Waals surface area contributed by atoms with E-state index in [4.69, 9.17) is 0 Å². The molecule has 0 radical (unpaired) electrons. The number of likely N-dealkylation sites (N-methyl/N-ethyl adjacent to an activating group) is 1. The molecule has 0 bridgehead atoms. The lowest BCUT2D eigenvalue weighted by atomic mass is 10.1. The summed E-state index contributed by atoms with van der Waals surface area (Å²) < 4.78 is 4.66. The Morgan fingerprint density at radius 3 is 2.44 bits per heavy atom. The Balaban J connectivity index is 2.56. The molecule has 0 aliphatic carbocycles. The molecule has 16 heavy (non-hydrogen) atoms. The van der Waals surface area contributed by atoms with Crippen molar-refractivity contribution in [1.82, 2.24) is 4.90 Å². The Morgan fingerprint density at radius 2 is 1.94 bits per heavy atom. The number of benzene rings is 1. The molecule has 0 aliphatic rings. The van der Waals surface area contributed by atoms with Crippen molar-refractivity contribution in [2.75, 3.05) is 20.2 Å². The topological polar surface area (TPSA) is 29.5 Å². The molecule has 3 nitrogen and oxygen atoms in total. The lowest BCUT2D eigenvalue weighted by molar-refractivity contribution is -0.142. The third kappa shape index (κ3) is 4.03. The van der Waals surface area contributed by atoms with Crippen LogP contribution < -0.4 is 0 Å². The fourth-order valence-electron chi connectivity index (χ4n) is 1.48. The van der Waals surface area contributed by atoms with Gasteiger partial charge in [0.1, 0.15) is 0 Å². The first-order chi connectivity index (χ1) is 7.65. The lowest BCUT2D eigenvalue weighted by Crippen LogP contribution is -2.29. The maximum Gasteiger partial charge on any atom is 0.319 e. The summed E-state index contributed by atoms with van der Waals surface area (Å²) in [5.41, 5.74) is 2.47. The molecule has 1 aromatic carbocycles. The summed E-state index contributed by atoms with van der Waals surface area (Å²) in [6, 6.07) is 8.35. The second kappa shape index (κ2) is 6.28. The van der Waals surface area contributed by atoms with Crippen LogP contribution in [0.5, 0.6) is 0 Å². The molecule has 0 spiro atoms. The Kier molecular flexibility index (Phi) is 4.99. The van der Waals surface area contributed by atoms with E-state index in [1.54, 1.807) is 0 Å². The van der Waals surface area contributed by atoms with E-state index >= 15 is 0 Å². The molecular weight excluding hydrogens is 202 g/mol. The summed E-state index contributed by atoms with van der Waals surface area (Å²) in [6.45, 7) is 6.07. The number of ether oxygens (including phenoxy) is 1. The van der Waals surface area contributed by atoms with Gasteiger partial charge in [-0.3, -0.25) is 9.69 Å². The summed E-state index contributed by atoms with van der Waals surface area (Å²) >= 11 is 0. The zero-order chi connectivity index (χ0) is 12.0. The monoisotopic (exact) mass is 221 g/mol. The van der Waals surface area contributed by atoms with Crippen molar-refractivity contribution in [3.63, 3.8) is 0 Å². The number of carbonyl (C=O) groups excluding carboxylic acids is 1. The van der Waals surface area contributed by atoms with Crippen LogP contribution in [0.4, 0.5) is 0 Å². The molecule has 0 fully saturated rings. The van der Waals surface area contributed by atoms with Crippen molar-refractivity contribution in [3.05, 3.63) is 35.4 Å². The molecule has 0 amide bonds. The van der Waals surface area contributed by atoms with Crippen molar-refractivity contribution in [2.24, 2.45) is 0 Å². The number of carbonyl (C=O) groups is 1. The number of hydrogen-bond acceptors (Lipinski definition) is 3. The van der Waals surface area contributed by atoms with Gasteiger partial charge in [-0.1, -0.05) is 36.8 Å². The summed E-state index contributed by atoms with van der Waals surface area (Å²) in [4.78, 5) is 13.2. The van der Waals surface area contributed by atoms with Crippen LogP contribution in [0, 0.1) is 6.92 Å². The minimum Gasteiger partial charge on any atom is -0.468 e. The molecule has 0 unspecified atom stereocenters. The summed E-state index contributed by atoms with van der Waals surface area (Å²) in [5.74, 6) is -0.186. The Bertz CT molecular complexity index is 332. The Morgan fingerprint density at radius 1 is 1.31 bits per heavy atom. The Labute approximate surface area is 97.0 Å². The van der Waals surface area contributed by atoms with E-state index in [2.05, 4.69) is 40.8 Å². The van der Waals surface area contributed by atoms with Crippen LogP contribution in [-0.2, 0) is 16.1 Å². The smallest absolute Gasteiger partial charge is 0.319 e.